The zero-order valence-electron chi connectivity index (χ0n) is 13.9. The van der Waals surface area contributed by atoms with Gasteiger partial charge >= 0.3 is 0 Å². The molecular weight excluding hydrogens is 288 g/mol. The van der Waals surface area contributed by atoms with E-state index < -0.39 is 0 Å². The van der Waals surface area contributed by atoms with Crippen molar-refractivity contribution >= 4 is 19.2 Å². The second-order valence-electron chi connectivity index (χ2n) is 5.94. The van der Waals surface area contributed by atoms with E-state index in [1.54, 1.807) is 6.07 Å². The van der Waals surface area contributed by atoms with Crippen LogP contribution in [0.1, 0.15) is 41.3 Å². The molecule has 0 aliphatic carbocycles. The van der Waals surface area contributed by atoms with Crippen LogP contribution in [0.5, 0.6) is 0 Å². The summed E-state index contributed by atoms with van der Waals surface area (Å²) >= 11 is 0. The van der Waals surface area contributed by atoms with Crippen molar-refractivity contribution in [1.29, 1.82) is 0 Å². The van der Waals surface area contributed by atoms with Crippen molar-refractivity contribution in [3.8, 4) is 0 Å². The summed E-state index contributed by atoms with van der Waals surface area (Å²) in [6.07, 6.45) is 3.69. The lowest BCUT2D eigenvalue weighted by molar-refractivity contribution is 0.0953. The number of carbonyl (C=O) groups excluding carboxylic acids is 1. The van der Waals surface area contributed by atoms with Gasteiger partial charge in [-0.05, 0) is 54.7 Å². The summed E-state index contributed by atoms with van der Waals surface area (Å²) < 4.78 is 13.4. The minimum absolute atomic E-state index is 0.0224. The number of hydrogen-bond acceptors (Lipinski definition) is 1. The summed E-state index contributed by atoms with van der Waals surface area (Å²) in [6.45, 7) is 2.82. The van der Waals surface area contributed by atoms with Crippen molar-refractivity contribution < 1.29 is 9.18 Å². The molecule has 0 fully saturated rings. The first kappa shape index (κ1) is 17.3. The standard InChI is InChI=1S/C19H23BFNO/c1-2-3-10-22-19(23)16-8-6-14(7-9-16)4-5-15-11-17(20)13-18(21)12-15/h6-9,11-13H,2-5,10,20H2,1H3,(H,22,23). The van der Waals surface area contributed by atoms with Crippen LogP contribution in [-0.2, 0) is 12.8 Å². The number of halogens is 1. The Labute approximate surface area is 138 Å². The summed E-state index contributed by atoms with van der Waals surface area (Å²) in [5.41, 5.74) is 3.78. The van der Waals surface area contributed by atoms with Crippen LogP contribution in [-0.4, -0.2) is 20.3 Å². The normalized spacial score (nSPS) is 10.5. The average Bonchev–Trinajstić information content (AvgIpc) is 2.53. The van der Waals surface area contributed by atoms with Gasteiger partial charge in [-0.25, -0.2) is 4.39 Å². The number of carbonyl (C=O) groups is 1. The van der Waals surface area contributed by atoms with Gasteiger partial charge in [0.15, 0.2) is 0 Å². The smallest absolute Gasteiger partial charge is 0.251 e. The number of aryl methyl sites for hydroxylation is 2. The van der Waals surface area contributed by atoms with Crippen LogP contribution in [0.3, 0.4) is 0 Å². The van der Waals surface area contributed by atoms with Crippen molar-refractivity contribution in [2.75, 3.05) is 6.54 Å². The van der Waals surface area contributed by atoms with Gasteiger partial charge in [0.1, 0.15) is 13.7 Å². The number of rotatable bonds is 7. The van der Waals surface area contributed by atoms with Crippen molar-refractivity contribution in [3.05, 3.63) is 65.0 Å². The summed E-state index contributed by atoms with van der Waals surface area (Å²) in [6, 6.07) is 12.8. The van der Waals surface area contributed by atoms with Gasteiger partial charge in [0.25, 0.3) is 5.91 Å². The van der Waals surface area contributed by atoms with Gasteiger partial charge in [-0.2, -0.15) is 0 Å². The maximum absolute atomic E-state index is 13.4. The third kappa shape index (κ3) is 5.55. The molecule has 2 nitrogen and oxygen atoms in total. The van der Waals surface area contributed by atoms with Gasteiger partial charge in [-0.15, -0.1) is 0 Å². The molecule has 0 saturated carbocycles. The highest BCUT2D eigenvalue weighted by molar-refractivity contribution is 6.32. The summed E-state index contributed by atoms with van der Waals surface area (Å²) in [7, 11) is 1.90. The lowest BCUT2D eigenvalue weighted by atomic mass is 9.92. The molecule has 2 aromatic rings. The average molecular weight is 311 g/mol. The van der Waals surface area contributed by atoms with E-state index in [9.17, 15) is 9.18 Å². The van der Waals surface area contributed by atoms with Gasteiger partial charge in [0, 0.05) is 12.1 Å². The molecule has 120 valence electrons. The monoisotopic (exact) mass is 311 g/mol. The number of hydrogen-bond donors (Lipinski definition) is 1. The Balaban J connectivity index is 1.90. The SMILES string of the molecule is Bc1cc(F)cc(CCc2ccc(C(=O)NCCCC)cc2)c1. The second-order valence-corrected chi connectivity index (χ2v) is 5.94. The van der Waals surface area contributed by atoms with Gasteiger partial charge in [-0.1, -0.05) is 37.0 Å². The van der Waals surface area contributed by atoms with Crippen LogP contribution in [0.4, 0.5) is 4.39 Å². The van der Waals surface area contributed by atoms with Gasteiger partial charge in [-0.3, -0.25) is 4.79 Å². The molecule has 1 N–H and O–H groups in total. The van der Waals surface area contributed by atoms with Crippen LogP contribution in [0.15, 0.2) is 42.5 Å². The van der Waals surface area contributed by atoms with Crippen LogP contribution < -0.4 is 10.8 Å². The maximum atomic E-state index is 13.4. The van der Waals surface area contributed by atoms with E-state index in [1.807, 2.05) is 38.2 Å². The fraction of sp³-hybridized carbons (Fsp3) is 0.316. The lowest BCUT2D eigenvalue weighted by Crippen LogP contribution is -2.24. The van der Waals surface area contributed by atoms with E-state index in [0.29, 0.717) is 5.56 Å². The van der Waals surface area contributed by atoms with Crippen molar-refractivity contribution in [1.82, 2.24) is 5.32 Å². The van der Waals surface area contributed by atoms with Crippen LogP contribution >= 0.6 is 0 Å². The molecule has 0 heterocycles. The highest BCUT2D eigenvalue weighted by Crippen LogP contribution is 2.10. The molecular formula is C19H23BFNO. The Morgan fingerprint density at radius 2 is 1.78 bits per heavy atom. The predicted molar refractivity (Wildman–Crippen MR) is 95.7 cm³/mol. The fourth-order valence-corrected chi connectivity index (χ4v) is 2.55. The molecule has 4 heteroatoms. The van der Waals surface area contributed by atoms with E-state index in [2.05, 4.69) is 12.2 Å². The van der Waals surface area contributed by atoms with Crippen molar-refractivity contribution in [2.45, 2.75) is 32.6 Å². The summed E-state index contributed by atoms with van der Waals surface area (Å²) in [5.74, 6) is -0.204. The molecule has 23 heavy (non-hydrogen) atoms. The van der Waals surface area contributed by atoms with E-state index in [1.165, 1.54) is 6.07 Å². The molecule has 0 aliphatic heterocycles. The number of benzene rings is 2. The Kier molecular flexibility index (Phi) is 6.39. The molecule has 2 aromatic carbocycles. The number of unbranched alkanes of at least 4 members (excludes halogenated alkanes) is 1. The Bertz CT molecular complexity index is 635. The van der Waals surface area contributed by atoms with E-state index in [4.69, 9.17) is 0 Å². The lowest BCUT2D eigenvalue weighted by Gasteiger charge is -2.07. The van der Waals surface area contributed by atoms with Crippen LogP contribution in [0.2, 0.25) is 0 Å². The molecule has 0 saturated heterocycles. The fourth-order valence-electron chi connectivity index (χ4n) is 2.55. The number of nitrogens with one attached hydrogen (secondary N) is 1. The third-order valence-electron chi connectivity index (χ3n) is 3.84. The minimum Gasteiger partial charge on any atom is -0.352 e. The molecule has 0 aliphatic rings. The van der Waals surface area contributed by atoms with Crippen LogP contribution in [0.25, 0.3) is 0 Å². The van der Waals surface area contributed by atoms with Crippen molar-refractivity contribution in [3.63, 3.8) is 0 Å². The maximum Gasteiger partial charge on any atom is 0.251 e. The first-order valence-electron chi connectivity index (χ1n) is 8.21. The number of amides is 1. The molecule has 1 amide bonds. The third-order valence-corrected chi connectivity index (χ3v) is 3.84. The Morgan fingerprint density at radius 3 is 2.43 bits per heavy atom. The molecule has 0 spiro atoms. The minimum atomic E-state index is -0.181. The van der Waals surface area contributed by atoms with E-state index in [0.717, 1.165) is 48.8 Å². The Morgan fingerprint density at radius 1 is 1.09 bits per heavy atom. The first-order chi connectivity index (χ1) is 11.1. The quantitative estimate of drug-likeness (QED) is 0.617. The highest BCUT2D eigenvalue weighted by Gasteiger charge is 2.05. The van der Waals surface area contributed by atoms with Crippen molar-refractivity contribution in [2.24, 2.45) is 0 Å². The van der Waals surface area contributed by atoms with Gasteiger partial charge in [0.05, 0.1) is 0 Å². The molecule has 0 unspecified atom stereocenters. The second kappa shape index (κ2) is 8.51. The highest BCUT2D eigenvalue weighted by atomic mass is 19.1. The predicted octanol–water partition coefficient (Wildman–Crippen LogP) is 2.40. The molecule has 0 aromatic heterocycles. The summed E-state index contributed by atoms with van der Waals surface area (Å²) in [5, 5.41) is 2.91. The van der Waals surface area contributed by atoms with E-state index >= 15 is 0 Å². The summed E-state index contributed by atoms with van der Waals surface area (Å²) in [4.78, 5) is 11.9. The first-order valence-corrected chi connectivity index (χ1v) is 8.21. The molecule has 2 rings (SSSR count). The van der Waals surface area contributed by atoms with E-state index in [-0.39, 0.29) is 11.7 Å². The Hall–Kier alpha value is -2.10. The topological polar surface area (TPSA) is 29.1 Å². The zero-order chi connectivity index (χ0) is 16.7. The molecule has 0 bridgehead atoms. The van der Waals surface area contributed by atoms with Gasteiger partial charge < -0.3 is 5.32 Å². The zero-order valence-corrected chi connectivity index (χ0v) is 13.9. The van der Waals surface area contributed by atoms with Crippen LogP contribution in [0, 0.1) is 5.82 Å². The van der Waals surface area contributed by atoms with Gasteiger partial charge in [0.2, 0.25) is 0 Å². The largest absolute Gasteiger partial charge is 0.352 e. The molecule has 0 atom stereocenters. The molecule has 0 radical (unpaired) electrons.